The predicted octanol–water partition coefficient (Wildman–Crippen LogP) is 1.99. The van der Waals surface area contributed by atoms with Crippen molar-refractivity contribution in [2.24, 2.45) is 0 Å². The maximum Gasteiger partial charge on any atom is 0.339 e. The van der Waals surface area contributed by atoms with Crippen molar-refractivity contribution in [2.45, 2.75) is 11.8 Å². The first-order valence-electron chi connectivity index (χ1n) is 6.76. The number of carbonyl (C=O) groups is 2. The van der Waals surface area contributed by atoms with Crippen molar-refractivity contribution in [1.82, 2.24) is 0 Å². The van der Waals surface area contributed by atoms with Gasteiger partial charge in [-0.05, 0) is 30.3 Å². The molecule has 10 heteroatoms. The summed E-state index contributed by atoms with van der Waals surface area (Å²) in [5, 5.41) is 20.7. The van der Waals surface area contributed by atoms with Crippen LogP contribution in [0.5, 0.6) is 5.75 Å². The summed E-state index contributed by atoms with van der Waals surface area (Å²) < 4.78 is 40.6. The Labute approximate surface area is 142 Å². The van der Waals surface area contributed by atoms with Gasteiger partial charge in [-0.25, -0.2) is 17.6 Å². The van der Waals surface area contributed by atoms with Crippen LogP contribution in [0, 0.1) is 5.82 Å². The van der Waals surface area contributed by atoms with Crippen LogP contribution in [0.3, 0.4) is 0 Å². The number of amides is 1. The molecule has 2 aromatic carbocycles. The summed E-state index contributed by atoms with van der Waals surface area (Å²) in [7, 11) is -4.34. The maximum atomic E-state index is 14.1. The van der Waals surface area contributed by atoms with Crippen LogP contribution in [-0.2, 0) is 14.8 Å². The van der Waals surface area contributed by atoms with E-state index in [1.807, 2.05) is 4.72 Å². The summed E-state index contributed by atoms with van der Waals surface area (Å²) in [5.41, 5.74) is -0.464. The number of carboxylic acids is 1. The number of halogens is 1. The quantitative estimate of drug-likeness (QED) is 0.638. The van der Waals surface area contributed by atoms with Gasteiger partial charge >= 0.3 is 5.97 Å². The number of benzene rings is 2. The molecule has 2 rings (SSSR count). The number of carboxylic acid groups (broad SMARTS) is 1. The highest BCUT2D eigenvalue weighted by Gasteiger charge is 2.20. The monoisotopic (exact) mass is 368 g/mol. The van der Waals surface area contributed by atoms with Crippen LogP contribution in [0.4, 0.5) is 15.8 Å². The molecule has 4 N–H and O–H groups in total. The lowest BCUT2D eigenvalue weighted by Crippen LogP contribution is -2.15. The van der Waals surface area contributed by atoms with Gasteiger partial charge < -0.3 is 15.5 Å². The van der Waals surface area contributed by atoms with E-state index in [-0.39, 0.29) is 11.4 Å². The van der Waals surface area contributed by atoms with Gasteiger partial charge in [0.2, 0.25) is 5.91 Å². The molecule has 0 spiro atoms. The second-order valence-corrected chi connectivity index (χ2v) is 6.62. The zero-order valence-corrected chi connectivity index (χ0v) is 13.6. The summed E-state index contributed by atoms with van der Waals surface area (Å²) in [5.74, 6) is -3.56. The molecule has 8 nitrogen and oxygen atoms in total. The highest BCUT2D eigenvalue weighted by molar-refractivity contribution is 7.92. The normalized spacial score (nSPS) is 11.0. The van der Waals surface area contributed by atoms with Crippen LogP contribution in [0.25, 0.3) is 0 Å². The molecule has 0 aliphatic carbocycles. The standard InChI is InChI=1S/C15H13FN2O6S/c1-8(19)17-9-3-5-14(12(16)6-9)25(23,24)18-10-2-4-11(15(21)22)13(20)7-10/h2-7,18,20H,1H3,(H,17,19)(H,21,22). The number of rotatable bonds is 5. The van der Waals surface area contributed by atoms with E-state index in [1.54, 1.807) is 0 Å². The molecule has 0 saturated carbocycles. The van der Waals surface area contributed by atoms with Gasteiger partial charge in [-0.1, -0.05) is 0 Å². The van der Waals surface area contributed by atoms with Crippen LogP contribution in [0.15, 0.2) is 41.3 Å². The molecular weight excluding hydrogens is 355 g/mol. The molecular formula is C15H13FN2O6S. The topological polar surface area (TPSA) is 133 Å². The van der Waals surface area contributed by atoms with Crippen molar-refractivity contribution in [3.05, 3.63) is 47.8 Å². The Hall–Kier alpha value is -3.14. The molecule has 0 saturated heterocycles. The first-order valence-corrected chi connectivity index (χ1v) is 8.25. The third-order valence-electron chi connectivity index (χ3n) is 3.02. The third kappa shape index (κ3) is 4.23. The Morgan fingerprint density at radius 1 is 1.08 bits per heavy atom. The van der Waals surface area contributed by atoms with Gasteiger partial charge in [-0.2, -0.15) is 0 Å². The molecule has 0 aromatic heterocycles. The molecule has 0 atom stereocenters. The van der Waals surface area contributed by atoms with Gasteiger partial charge in [0.05, 0.1) is 5.69 Å². The van der Waals surface area contributed by atoms with Gasteiger partial charge in [0.1, 0.15) is 22.0 Å². The SMILES string of the molecule is CC(=O)Nc1ccc(S(=O)(=O)Nc2ccc(C(=O)O)c(O)c2)c(F)c1. The lowest BCUT2D eigenvalue weighted by molar-refractivity contribution is -0.114. The Kier molecular flexibility index (Phi) is 4.93. The summed E-state index contributed by atoms with van der Waals surface area (Å²) in [6, 6.07) is 6.04. The number of nitrogens with one attached hydrogen (secondary N) is 2. The van der Waals surface area contributed by atoms with Gasteiger partial charge in [-0.15, -0.1) is 0 Å². The van der Waals surface area contributed by atoms with Crippen molar-refractivity contribution in [3.63, 3.8) is 0 Å². The average Bonchev–Trinajstić information content (AvgIpc) is 2.45. The third-order valence-corrected chi connectivity index (χ3v) is 4.44. The van der Waals surface area contributed by atoms with E-state index in [1.165, 1.54) is 13.0 Å². The van der Waals surface area contributed by atoms with E-state index in [0.717, 1.165) is 30.3 Å². The van der Waals surface area contributed by atoms with Crippen molar-refractivity contribution in [3.8, 4) is 5.75 Å². The molecule has 0 bridgehead atoms. The molecule has 0 aliphatic rings. The first kappa shape index (κ1) is 18.2. The van der Waals surface area contributed by atoms with E-state index >= 15 is 0 Å². The number of anilines is 2. The molecule has 0 heterocycles. The minimum atomic E-state index is -4.34. The van der Waals surface area contributed by atoms with Crippen molar-refractivity contribution in [2.75, 3.05) is 10.0 Å². The predicted molar refractivity (Wildman–Crippen MR) is 86.6 cm³/mol. The van der Waals surface area contributed by atoms with Gasteiger partial charge in [0.25, 0.3) is 10.0 Å². The van der Waals surface area contributed by atoms with Crippen molar-refractivity contribution >= 4 is 33.3 Å². The fourth-order valence-corrected chi connectivity index (χ4v) is 3.10. The fraction of sp³-hybridized carbons (Fsp3) is 0.0667. The minimum Gasteiger partial charge on any atom is -0.507 e. The Morgan fingerprint density at radius 3 is 2.24 bits per heavy atom. The average molecular weight is 368 g/mol. The molecule has 1 amide bonds. The molecule has 2 aromatic rings. The maximum absolute atomic E-state index is 14.1. The number of hydrogen-bond donors (Lipinski definition) is 4. The smallest absolute Gasteiger partial charge is 0.339 e. The zero-order chi connectivity index (χ0) is 18.8. The fourth-order valence-electron chi connectivity index (χ4n) is 1.99. The number of carbonyl (C=O) groups excluding carboxylic acids is 1. The van der Waals surface area contributed by atoms with E-state index in [4.69, 9.17) is 5.11 Å². The second-order valence-electron chi connectivity index (χ2n) is 4.97. The Morgan fingerprint density at radius 2 is 1.72 bits per heavy atom. The highest BCUT2D eigenvalue weighted by Crippen LogP contribution is 2.26. The van der Waals surface area contributed by atoms with Gasteiger partial charge in [0, 0.05) is 18.7 Å². The van der Waals surface area contributed by atoms with Crippen molar-refractivity contribution < 1.29 is 32.6 Å². The van der Waals surface area contributed by atoms with Crippen LogP contribution in [0.1, 0.15) is 17.3 Å². The number of sulfonamides is 1. The van der Waals surface area contributed by atoms with Crippen LogP contribution >= 0.6 is 0 Å². The molecule has 0 radical (unpaired) electrons. The van der Waals surface area contributed by atoms with Gasteiger partial charge in [-0.3, -0.25) is 9.52 Å². The zero-order valence-electron chi connectivity index (χ0n) is 12.8. The minimum absolute atomic E-state index is 0.0902. The lowest BCUT2D eigenvalue weighted by atomic mass is 10.2. The van der Waals surface area contributed by atoms with Gasteiger partial charge in [0.15, 0.2) is 0 Å². The highest BCUT2D eigenvalue weighted by atomic mass is 32.2. The number of aromatic hydroxyl groups is 1. The molecule has 132 valence electrons. The first-order chi connectivity index (χ1) is 11.6. The summed E-state index contributed by atoms with van der Waals surface area (Å²) in [4.78, 5) is 21.1. The van der Waals surface area contributed by atoms with Crippen molar-refractivity contribution in [1.29, 1.82) is 0 Å². The molecule has 0 fully saturated rings. The summed E-state index contributed by atoms with van der Waals surface area (Å²) in [6.07, 6.45) is 0. The molecule has 0 aliphatic heterocycles. The van der Waals surface area contributed by atoms with E-state index < -0.39 is 43.9 Å². The molecule has 0 unspecified atom stereocenters. The van der Waals surface area contributed by atoms with Crippen LogP contribution < -0.4 is 10.0 Å². The van der Waals surface area contributed by atoms with E-state index in [2.05, 4.69) is 5.32 Å². The Bertz CT molecular complexity index is 958. The second kappa shape index (κ2) is 6.77. The number of aromatic carboxylic acids is 1. The van der Waals surface area contributed by atoms with Crippen LogP contribution in [0.2, 0.25) is 0 Å². The van der Waals surface area contributed by atoms with Crippen LogP contribution in [-0.4, -0.2) is 30.5 Å². The lowest BCUT2D eigenvalue weighted by Gasteiger charge is -2.11. The number of phenols is 1. The molecule has 25 heavy (non-hydrogen) atoms. The summed E-state index contributed by atoms with van der Waals surface area (Å²) >= 11 is 0. The number of hydrogen-bond acceptors (Lipinski definition) is 5. The van der Waals surface area contributed by atoms with E-state index in [0.29, 0.717) is 0 Å². The largest absolute Gasteiger partial charge is 0.507 e. The Balaban J connectivity index is 2.32. The summed E-state index contributed by atoms with van der Waals surface area (Å²) in [6.45, 7) is 1.22. The van der Waals surface area contributed by atoms with E-state index in [9.17, 15) is 27.5 Å².